The summed E-state index contributed by atoms with van der Waals surface area (Å²) in [6.07, 6.45) is 0. The zero-order chi connectivity index (χ0) is 14.3. The topological polar surface area (TPSA) is 53.1 Å². The molecule has 20 heavy (non-hydrogen) atoms. The number of aromatic amines is 1. The zero-order valence-corrected chi connectivity index (χ0v) is 11.5. The number of aryl methyl sites for hydroxylation is 1. The molecule has 0 saturated carbocycles. The Balaban J connectivity index is 2.32. The second kappa shape index (κ2) is 4.69. The van der Waals surface area contributed by atoms with Crippen LogP contribution in [0.3, 0.4) is 0 Å². The van der Waals surface area contributed by atoms with Gasteiger partial charge in [0.05, 0.1) is 5.69 Å². The van der Waals surface area contributed by atoms with Crippen LogP contribution >= 0.6 is 11.6 Å². The molecule has 4 heteroatoms. The van der Waals surface area contributed by atoms with Gasteiger partial charge in [0.15, 0.2) is 0 Å². The van der Waals surface area contributed by atoms with Gasteiger partial charge in [0.25, 0.3) is 0 Å². The second-order valence-electron chi connectivity index (χ2n) is 4.74. The number of benzene rings is 2. The fourth-order valence-electron chi connectivity index (χ4n) is 2.36. The molecule has 0 bridgehead atoms. The Morgan fingerprint density at radius 3 is 2.45 bits per heavy atom. The van der Waals surface area contributed by atoms with Crippen molar-refractivity contribution in [3.05, 3.63) is 58.7 Å². The molecule has 2 N–H and O–H groups in total. The summed E-state index contributed by atoms with van der Waals surface area (Å²) in [6, 6.07) is 13.1. The molecule has 0 unspecified atom stereocenters. The Morgan fingerprint density at radius 2 is 1.80 bits per heavy atom. The first-order valence-corrected chi connectivity index (χ1v) is 6.55. The Hall–Kier alpha value is -2.26. The second-order valence-corrected chi connectivity index (χ2v) is 5.17. The summed E-state index contributed by atoms with van der Waals surface area (Å²) < 4.78 is 0. The van der Waals surface area contributed by atoms with Crippen LogP contribution in [0.25, 0.3) is 22.0 Å². The molecule has 0 aliphatic heterocycles. The third kappa shape index (κ3) is 2.06. The predicted octanol–water partition coefficient (Wildman–Crippen LogP) is 4.49. The van der Waals surface area contributed by atoms with Crippen LogP contribution in [0.4, 0.5) is 0 Å². The maximum absolute atomic E-state index is 11.3. The zero-order valence-electron chi connectivity index (χ0n) is 10.8. The van der Waals surface area contributed by atoms with Crippen LogP contribution in [0, 0.1) is 6.92 Å². The highest BCUT2D eigenvalue weighted by Crippen LogP contribution is 2.32. The van der Waals surface area contributed by atoms with E-state index in [1.165, 1.54) is 0 Å². The van der Waals surface area contributed by atoms with Crippen LogP contribution in [0.2, 0.25) is 5.02 Å². The van der Waals surface area contributed by atoms with E-state index in [9.17, 15) is 9.90 Å². The minimum Gasteiger partial charge on any atom is -0.477 e. The molecule has 3 aromatic rings. The molecule has 0 atom stereocenters. The van der Waals surface area contributed by atoms with Gasteiger partial charge in [0.2, 0.25) is 0 Å². The number of nitrogens with one attached hydrogen (secondary N) is 1. The van der Waals surface area contributed by atoms with Crippen molar-refractivity contribution in [1.82, 2.24) is 4.98 Å². The van der Waals surface area contributed by atoms with Gasteiger partial charge in [-0.15, -0.1) is 0 Å². The van der Waals surface area contributed by atoms with Crippen LogP contribution in [0.1, 0.15) is 16.1 Å². The van der Waals surface area contributed by atoms with Gasteiger partial charge >= 0.3 is 5.97 Å². The Labute approximate surface area is 120 Å². The van der Waals surface area contributed by atoms with E-state index in [0.29, 0.717) is 10.4 Å². The standard InChI is InChI=1S/C16H12ClNO2/c1-9-2-7-12-13(8-9)14(18-15(12)16(19)20)10-3-5-11(17)6-4-10/h2-8,18H,1H3,(H,19,20). The first kappa shape index (κ1) is 12.8. The van der Waals surface area contributed by atoms with E-state index in [0.717, 1.165) is 22.2 Å². The molecule has 0 spiro atoms. The average molecular weight is 286 g/mol. The average Bonchev–Trinajstić information content (AvgIpc) is 2.78. The lowest BCUT2D eigenvalue weighted by atomic mass is 10.0. The van der Waals surface area contributed by atoms with Crippen LogP contribution in [-0.4, -0.2) is 16.1 Å². The van der Waals surface area contributed by atoms with Gasteiger partial charge in [-0.3, -0.25) is 0 Å². The first-order valence-electron chi connectivity index (χ1n) is 6.18. The van der Waals surface area contributed by atoms with Crippen LogP contribution in [-0.2, 0) is 0 Å². The third-order valence-corrected chi connectivity index (χ3v) is 3.56. The molecule has 1 heterocycles. The normalized spacial score (nSPS) is 10.9. The fraction of sp³-hybridized carbons (Fsp3) is 0.0625. The monoisotopic (exact) mass is 285 g/mol. The van der Waals surface area contributed by atoms with E-state index < -0.39 is 5.97 Å². The van der Waals surface area contributed by atoms with Gasteiger partial charge in [-0.25, -0.2) is 4.79 Å². The number of hydrogen-bond acceptors (Lipinski definition) is 1. The molecule has 3 rings (SSSR count). The van der Waals surface area contributed by atoms with Crippen LogP contribution in [0.5, 0.6) is 0 Å². The van der Waals surface area contributed by atoms with Gasteiger partial charge < -0.3 is 10.1 Å². The molecule has 3 nitrogen and oxygen atoms in total. The largest absolute Gasteiger partial charge is 0.477 e. The maximum atomic E-state index is 11.3. The summed E-state index contributed by atoms with van der Waals surface area (Å²) >= 11 is 5.89. The lowest BCUT2D eigenvalue weighted by Gasteiger charge is -2.01. The quantitative estimate of drug-likeness (QED) is 0.728. The molecule has 0 radical (unpaired) electrons. The molecular formula is C16H12ClNO2. The maximum Gasteiger partial charge on any atom is 0.352 e. The molecule has 100 valence electrons. The van der Waals surface area contributed by atoms with Crippen molar-refractivity contribution >= 4 is 28.3 Å². The highest BCUT2D eigenvalue weighted by Gasteiger charge is 2.16. The number of rotatable bonds is 2. The fourth-order valence-corrected chi connectivity index (χ4v) is 2.48. The minimum absolute atomic E-state index is 0.213. The summed E-state index contributed by atoms with van der Waals surface area (Å²) in [5.74, 6) is -0.959. The number of hydrogen-bond donors (Lipinski definition) is 2. The smallest absolute Gasteiger partial charge is 0.352 e. The highest BCUT2D eigenvalue weighted by molar-refractivity contribution is 6.30. The number of carboxylic acids is 1. The lowest BCUT2D eigenvalue weighted by molar-refractivity contribution is 0.0693. The molecule has 0 amide bonds. The molecular weight excluding hydrogens is 274 g/mol. The third-order valence-electron chi connectivity index (χ3n) is 3.31. The molecule has 2 aromatic carbocycles. The number of carboxylic acid groups (broad SMARTS) is 1. The Morgan fingerprint density at radius 1 is 1.10 bits per heavy atom. The van der Waals surface area contributed by atoms with Gasteiger partial charge in [-0.2, -0.15) is 0 Å². The Bertz CT molecular complexity index is 803. The Kier molecular flexibility index (Phi) is 2.99. The van der Waals surface area contributed by atoms with Gasteiger partial charge in [-0.1, -0.05) is 41.4 Å². The van der Waals surface area contributed by atoms with Crippen molar-refractivity contribution in [2.75, 3.05) is 0 Å². The number of fused-ring (bicyclic) bond motifs is 1. The minimum atomic E-state index is -0.959. The van der Waals surface area contributed by atoms with Crippen molar-refractivity contribution in [3.63, 3.8) is 0 Å². The number of carbonyl (C=O) groups is 1. The summed E-state index contributed by atoms with van der Waals surface area (Å²) in [5.41, 5.74) is 3.02. The summed E-state index contributed by atoms with van der Waals surface area (Å²) in [4.78, 5) is 14.4. The molecule has 0 aliphatic carbocycles. The molecule has 0 aliphatic rings. The molecule has 0 fully saturated rings. The summed E-state index contributed by atoms with van der Waals surface area (Å²) in [6.45, 7) is 1.98. The van der Waals surface area contributed by atoms with Crippen molar-refractivity contribution in [2.24, 2.45) is 0 Å². The molecule has 0 saturated heterocycles. The van der Waals surface area contributed by atoms with Crippen molar-refractivity contribution in [3.8, 4) is 11.3 Å². The van der Waals surface area contributed by atoms with E-state index in [1.807, 2.05) is 37.3 Å². The molecule has 1 aromatic heterocycles. The first-order chi connectivity index (χ1) is 9.56. The summed E-state index contributed by atoms with van der Waals surface area (Å²) in [7, 11) is 0. The van der Waals surface area contributed by atoms with E-state index in [1.54, 1.807) is 12.1 Å². The number of halogens is 1. The van der Waals surface area contributed by atoms with Crippen molar-refractivity contribution in [1.29, 1.82) is 0 Å². The number of H-pyrrole nitrogens is 1. The van der Waals surface area contributed by atoms with Crippen LogP contribution < -0.4 is 0 Å². The van der Waals surface area contributed by atoms with E-state index in [2.05, 4.69) is 4.98 Å². The predicted molar refractivity (Wildman–Crippen MR) is 80.4 cm³/mol. The van der Waals surface area contributed by atoms with Crippen LogP contribution in [0.15, 0.2) is 42.5 Å². The summed E-state index contributed by atoms with van der Waals surface area (Å²) in [5, 5.41) is 11.6. The van der Waals surface area contributed by atoms with Crippen molar-refractivity contribution < 1.29 is 9.90 Å². The van der Waals surface area contributed by atoms with Gasteiger partial charge in [0, 0.05) is 15.8 Å². The van der Waals surface area contributed by atoms with E-state index in [4.69, 9.17) is 11.6 Å². The van der Waals surface area contributed by atoms with Gasteiger partial charge in [-0.05, 0) is 30.7 Å². The number of aromatic carboxylic acids is 1. The van der Waals surface area contributed by atoms with E-state index >= 15 is 0 Å². The SMILES string of the molecule is Cc1ccc2c(C(=O)O)[nH]c(-c3ccc(Cl)cc3)c2c1. The highest BCUT2D eigenvalue weighted by atomic mass is 35.5. The lowest BCUT2D eigenvalue weighted by Crippen LogP contribution is -1.96. The number of aromatic nitrogens is 1. The van der Waals surface area contributed by atoms with E-state index in [-0.39, 0.29) is 5.69 Å². The van der Waals surface area contributed by atoms with Crippen molar-refractivity contribution in [2.45, 2.75) is 6.92 Å². The van der Waals surface area contributed by atoms with Gasteiger partial charge in [0.1, 0.15) is 5.69 Å².